The van der Waals surface area contributed by atoms with Gasteiger partial charge in [-0.25, -0.2) is 4.98 Å². The van der Waals surface area contributed by atoms with Crippen molar-refractivity contribution in [2.24, 2.45) is 0 Å². The maximum Gasteiger partial charge on any atom is 0.272 e. The molecule has 0 unspecified atom stereocenters. The second-order valence-corrected chi connectivity index (χ2v) is 7.73. The molecule has 148 valence electrons. The molecule has 1 aliphatic rings. The number of aromatic nitrogens is 1. The number of hydrogen-bond acceptors (Lipinski definition) is 3. The van der Waals surface area contributed by atoms with Crippen molar-refractivity contribution < 1.29 is 4.79 Å². The molecule has 28 heavy (non-hydrogen) atoms. The van der Waals surface area contributed by atoms with Gasteiger partial charge in [-0.15, -0.1) is 0 Å². The van der Waals surface area contributed by atoms with Gasteiger partial charge in [-0.05, 0) is 63.6 Å². The van der Waals surface area contributed by atoms with Gasteiger partial charge in [0.1, 0.15) is 5.69 Å². The molecule has 1 heterocycles. The summed E-state index contributed by atoms with van der Waals surface area (Å²) in [4.78, 5) is 19.2. The summed E-state index contributed by atoms with van der Waals surface area (Å²) in [6.07, 6.45) is 10.3. The number of benzene rings is 1. The van der Waals surface area contributed by atoms with Crippen molar-refractivity contribution in [1.29, 1.82) is 0 Å². The minimum atomic E-state index is -0.0298. The molecule has 0 saturated carbocycles. The Morgan fingerprint density at radius 2 is 1.96 bits per heavy atom. The van der Waals surface area contributed by atoms with E-state index < -0.39 is 0 Å². The van der Waals surface area contributed by atoms with E-state index in [9.17, 15) is 4.79 Å². The van der Waals surface area contributed by atoms with Crippen LogP contribution in [0.25, 0.3) is 0 Å². The standard InChI is InChI=1S/C24H31N3O/c1-19(2)27(18-21-11-7-4-8-12-21)24(28)23-14-13-22(17-26-23)25-16-15-20-9-5-3-6-10-20/h4,7-9,11-14,17,19,25H,3,5-6,10,15-16,18H2,1-2H3. The first-order chi connectivity index (χ1) is 13.6. The predicted molar refractivity (Wildman–Crippen MR) is 115 cm³/mol. The Hall–Kier alpha value is -2.62. The topological polar surface area (TPSA) is 45.2 Å². The molecular weight excluding hydrogens is 346 g/mol. The van der Waals surface area contributed by atoms with Gasteiger partial charge in [-0.1, -0.05) is 42.0 Å². The highest BCUT2D eigenvalue weighted by Crippen LogP contribution is 2.20. The molecule has 4 heteroatoms. The fraction of sp³-hybridized carbons (Fsp3) is 0.417. The van der Waals surface area contributed by atoms with Gasteiger partial charge in [-0.3, -0.25) is 4.79 Å². The molecule has 0 radical (unpaired) electrons. The Labute approximate surface area is 168 Å². The van der Waals surface area contributed by atoms with Gasteiger partial charge in [0, 0.05) is 19.1 Å². The van der Waals surface area contributed by atoms with Gasteiger partial charge in [-0.2, -0.15) is 0 Å². The Kier molecular flexibility index (Phi) is 7.24. The Balaban J connectivity index is 1.57. The first-order valence-electron chi connectivity index (χ1n) is 10.4. The van der Waals surface area contributed by atoms with E-state index in [4.69, 9.17) is 0 Å². The lowest BCUT2D eigenvalue weighted by Crippen LogP contribution is -2.36. The third-order valence-corrected chi connectivity index (χ3v) is 5.22. The number of nitrogens with zero attached hydrogens (tertiary/aromatic N) is 2. The lowest BCUT2D eigenvalue weighted by Gasteiger charge is -2.26. The van der Waals surface area contributed by atoms with E-state index in [1.165, 1.54) is 25.7 Å². The molecule has 4 nitrogen and oxygen atoms in total. The summed E-state index contributed by atoms with van der Waals surface area (Å²) in [5.74, 6) is -0.0298. The van der Waals surface area contributed by atoms with E-state index in [0.29, 0.717) is 12.2 Å². The molecule has 0 atom stereocenters. The molecule has 3 rings (SSSR count). The van der Waals surface area contributed by atoms with E-state index in [2.05, 4.69) is 16.4 Å². The van der Waals surface area contributed by atoms with Gasteiger partial charge < -0.3 is 10.2 Å². The first kappa shape index (κ1) is 20.1. The van der Waals surface area contributed by atoms with Crippen molar-refractivity contribution in [2.75, 3.05) is 11.9 Å². The summed E-state index contributed by atoms with van der Waals surface area (Å²) in [7, 11) is 0. The van der Waals surface area contributed by atoms with Crippen LogP contribution in [0, 0.1) is 0 Å². The molecule has 1 N–H and O–H groups in total. The molecule has 0 saturated heterocycles. The van der Waals surface area contributed by atoms with Crippen molar-refractivity contribution in [3.05, 3.63) is 71.6 Å². The molecule has 1 aromatic carbocycles. The molecule has 1 aromatic heterocycles. The van der Waals surface area contributed by atoms with Gasteiger partial charge in [0.25, 0.3) is 5.91 Å². The second-order valence-electron chi connectivity index (χ2n) is 7.73. The van der Waals surface area contributed by atoms with Crippen LogP contribution < -0.4 is 5.32 Å². The maximum atomic E-state index is 13.0. The second kappa shape index (κ2) is 10.1. The van der Waals surface area contributed by atoms with Crippen LogP contribution in [0.15, 0.2) is 60.3 Å². The normalized spacial score (nSPS) is 13.9. The Morgan fingerprint density at radius 1 is 1.14 bits per heavy atom. The monoisotopic (exact) mass is 377 g/mol. The van der Waals surface area contributed by atoms with Crippen LogP contribution in [-0.2, 0) is 6.54 Å². The van der Waals surface area contributed by atoms with Crippen molar-refractivity contribution >= 4 is 11.6 Å². The van der Waals surface area contributed by atoms with E-state index >= 15 is 0 Å². The molecule has 0 aliphatic heterocycles. The highest BCUT2D eigenvalue weighted by atomic mass is 16.2. The van der Waals surface area contributed by atoms with Crippen LogP contribution in [0.1, 0.15) is 62.0 Å². The smallest absolute Gasteiger partial charge is 0.272 e. The third-order valence-electron chi connectivity index (χ3n) is 5.22. The number of anilines is 1. The van der Waals surface area contributed by atoms with Gasteiger partial charge in [0.05, 0.1) is 11.9 Å². The summed E-state index contributed by atoms with van der Waals surface area (Å²) in [6, 6.07) is 14.0. The minimum absolute atomic E-state index is 0.0298. The van der Waals surface area contributed by atoms with E-state index in [1.54, 1.807) is 11.8 Å². The number of allylic oxidation sites excluding steroid dienone is 1. The zero-order valence-corrected chi connectivity index (χ0v) is 17.0. The Bertz CT molecular complexity index is 781. The predicted octanol–water partition coefficient (Wildman–Crippen LogP) is 5.43. The van der Waals surface area contributed by atoms with Gasteiger partial charge in [0.15, 0.2) is 0 Å². The lowest BCUT2D eigenvalue weighted by molar-refractivity contribution is 0.0684. The van der Waals surface area contributed by atoms with Crippen molar-refractivity contribution in [2.45, 2.75) is 58.5 Å². The SMILES string of the molecule is CC(C)N(Cc1ccccc1)C(=O)c1ccc(NCCC2=CCCCC2)cn1. The molecular formula is C24H31N3O. The Morgan fingerprint density at radius 3 is 2.61 bits per heavy atom. The zero-order valence-electron chi connectivity index (χ0n) is 17.0. The number of carbonyl (C=O) groups excluding carboxylic acids is 1. The number of amides is 1. The molecule has 0 spiro atoms. The number of carbonyl (C=O) groups is 1. The van der Waals surface area contributed by atoms with Crippen LogP contribution >= 0.6 is 0 Å². The van der Waals surface area contributed by atoms with Gasteiger partial charge in [0.2, 0.25) is 0 Å². The van der Waals surface area contributed by atoms with Crippen molar-refractivity contribution in [3.8, 4) is 0 Å². The zero-order chi connectivity index (χ0) is 19.8. The molecule has 2 aromatic rings. The average Bonchev–Trinajstić information content (AvgIpc) is 2.73. The number of rotatable bonds is 8. The summed E-state index contributed by atoms with van der Waals surface area (Å²) >= 11 is 0. The van der Waals surface area contributed by atoms with E-state index in [0.717, 1.165) is 24.2 Å². The molecule has 1 amide bonds. The van der Waals surface area contributed by atoms with Crippen molar-refractivity contribution in [3.63, 3.8) is 0 Å². The minimum Gasteiger partial charge on any atom is -0.383 e. The van der Waals surface area contributed by atoms with Gasteiger partial charge >= 0.3 is 0 Å². The average molecular weight is 378 g/mol. The first-order valence-corrected chi connectivity index (χ1v) is 10.4. The fourth-order valence-corrected chi connectivity index (χ4v) is 3.54. The highest BCUT2D eigenvalue weighted by Gasteiger charge is 2.20. The summed E-state index contributed by atoms with van der Waals surface area (Å²) in [5, 5.41) is 3.42. The van der Waals surface area contributed by atoms with E-state index in [1.807, 2.05) is 61.2 Å². The van der Waals surface area contributed by atoms with Crippen LogP contribution in [0.5, 0.6) is 0 Å². The van der Waals surface area contributed by atoms with Crippen molar-refractivity contribution in [1.82, 2.24) is 9.88 Å². The number of hydrogen-bond donors (Lipinski definition) is 1. The summed E-state index contributed by atoms with van der Waals surface area (Å²) < 4.78 is 0. The third kappa shape index (κ3) is 5.69. The number of pyridine rings is 1. The summed E-state index contributed by atoms with van der Waals surface area (Å²) in [6.45, 7) is 5.58. The quantitative estimate of drug-likeness (QED) is 0.624. The molecule has 1 aliphatic carbocycles. The molecule has 0 bridgehead atoms. The maximum absolute atomic E-state index is 13.0. The van der Waals surface area contributed by atoms with Crippen LogP contribution in [0.4, 0.5) is 5.69 Å². The van der Waals surface area contributed by atoms with Crippen LogP contribution in [0.3, 0.4) is 0 Å². The number of nitrogens with one attached hydrogen (secondary N) is 1. The fourth-order valence-electron chi connectivity index (χ4n) is 3.54. The van der Waals surface area contributed by atoms with Crippen LogP contribution in [0.2, 0.25) is 0 Å². The van der Waals surface area contributed by atoms with Crippen LogP contribution in [-0.4, -0.2) is 28.4 Å². The summed E-state index contributed by atoms with van der Waals surface area (Å²) in [5.41, 5.74) is 4.14. The highest BCUT2D eigenvalue weighted by molar-refractivity contribution is 5.92. The molecule has 0 fully saturated rings. The largest absolute Gasteiger partial charge is 0.383 e. The van der Waals surface area contributed by atoms with E-state index in [-0.39, 0.29) is 11.9 Å². The lowest BCUT2D eigenvalue weighted by atomic mass is 9.97.